The molecule has 10 nitrogen and oxygen atoms in total. The summed E-state index contributed by atoms with van der Waals surface area (Å²) in [5.41, 5.74) is 0.371. The van der Waals surface area contributed by atoms with Crippen LogP contribution in [0.3, 0.4) is 0 Å². The summed E-state index contributed by atoms with van der Waals surface area (Å²) in [7, 11) is 0. The van der Waals surface area contributed by atoms with Crippen LogP contribution in [0.1, 0.15) is 71.6 Å². The first-order valence-corrected chi connectivity index (χ1v) is 12.7. The van der Waals surface area contributed by atoms with E-state index >= 15 is 0 Å². The topological polar surface area (TPSA) is 138 Å². The van der Waals surface area contributed by atoms with Gasteiger partial charge in [-0.25, -0.2) is 4.79 Å². The third-order valence-electron chi connectivity index (χ3n) is 5.18. The lowest BCUT2D eigenvalue weighted by Gasteiger charge is -2.33. The summed E-state index contributed by atoms with van der Waals surface area (Å²) in [6.07, 6.45) is 1.02. The smallest absolute Gasteiger partial charge is 0.408 e. The maximum atomic E-state index is 13.8. The zero-order valence-corrected chi connectivity index (χ0v) is 23.2. The Morgan fingerprint density at radius 2 is 1.89 bits per heavy atom. The number of amides is 3. The number of carbonyl (C=O) groups excluding carboxylic acids is 4. The maximum Gasteiger partial charge on any atom is 0.408 e. The van der Waals surface area contributed by atoms with Crippen LogP contribution < -0.4 is 10.6 Å². The second kappa shape index (κ2) is 15.4. The molecule has 208 valence electrons. The Kier molecular flexibility index (Phi) is 13.0. The van der Waals surface area contributed by atoms with Crippen LogP contribution in [0.25, 0.3) is 6.08 Å². The molecule has 0 aromatic heterocycles. The largest absolute Gasteiger partial charge is 0.466 e. The number of alkyl carbamates (subject to hydrolysis) is 1. The Balaban J connectivity index is 3.41. The molecular weight excluding hydrogens is 488 g/mol. The molecule has 0 saturated carbocycles. The van der Waals surface area contributed by atoms with E-state index in [1.807, 2.05) is 19.9 Å². The van der Waals surface area contributed by atoms with E-state index in [0.29, 0.717) is 11.1 Å². The number of hydrogen-bond donors (Lipinski definition) is 2. The van der Waals surface area contributed by atoms with Crippen molar-refractivity contribution in [3.05, 3.63) is 42.0 Å². The molecular formula is C28H40N4O6. The highest BCUT2D eigenvalue weighted by Crippen LogP contribution is 2.25. The molecule has 10 heteroatoms. The highest BCUT2D eigenvalue weighted by Gasteiger charge is 2.36. The van der Waals surface area contributed by atoms with Crippen molar-refractivity contribution < 1.29 is 28.7 Å². The predicted molar refractivity (Wildman–Crippen MR) is 143 cm³/mol. The summed E-state index contributed by atoms with van der Waals surface area (Å²) in [5, 5.41) is 14.9. The van der Waals surface area contributed by atoms with E-state index in [1.165, 1.54) is 0 Å². The zero-order chi connectivity index (χ0) is 28.9. The Bertz CT molecular complexity index is 1020. The summed E-state index contributed by atoms with van der Waals surface area (Å²) in [6.45, 7) is 14.1. The minimum absolute atomic E-state index is 0.00349. The van der Waals surface area contributed by atoms with Crippen LogP contribution in [0.2, 0.25) is 0 Å². The lowest BCUT2D eigenvalue weighted by molar-refractivity contribution is -0.144. The van der Waals surface area contributed by atoms with E-state index in [2.05, 4.69) is 17.2 Å². The minimum atomic E-state index is -1.21. The van der Waals surface area contributed by atoms with Gasteiger partial charge in [-0.15, -0.1) is 0 Å². The van der Waals surface area contributed by atoms with Crippen LogP contribution in [-0.4, -0.2) is 60.1 Å². The molecule has 0 heterocycles. The first-order valence-electron chi connectivity index (χ1n) is 12.7. The normalized spacial score (nSPS) is 12.5. The molecule has 0 aliphatic rings. The second-order valence-corrected chi connectivity index (χ2v) is 10.1. The fourth-order valence-corrected chi connectivity index (χ4v) is 3.66. The lowest BCUT2D eigenvalue weighted by atomic mass is 9.98. The number of benzene rings is 1. The molecule has 0 saturated heterocycles. The van der Waals surface area contributed by atoms with Crippen molar-refractivity contribution in [1.82, 2.24) is 15.5 Å². The van der Waals surface area contributed by atoms with Crippen molar-refractivity contribution in [3.8, 4) is 6.07 Å². The van der Waals surface area contributed by atoms with Crippen LogP contribution >= 0.6 is 0 Å². The van der Waals surface area contributed by atoms with Crippen molar-refractivity contribution in [2.24, 2.45) is 5.92 Å². The van der Waals surface area contributed by atoms with Gasteiger partial charge in [0.2, 0.25) is 11.8 Å². The van der Waals surface area contributed by atoms with Crippen molar-refractivity contribution in [3.63, 3.8) is 0 Å². The Labute approximate surface area is 225 Å². The monoisotopic (exact) mass is 528 g/mol. The molecule has 2 atom stereocenters. The number of nitrogens with one attached hydrogen (secondary N) is 2. The quantitative estimate of drug-likeness (QED) is 0.294. The summed E-state index contributed by atoms with van der Waals surface area (Å²) in [5.74, 6) is -1.66. The van der Waals surface area contributed by atoms with E-state index in [9.17, 15) is 24.4 Å². The number of rotatable bonds is 13. The van der Waals surface area contributed by atoms with Gasteiger partial charge in [-0.2, -0.15) is 5.26 Å². The van der Waals surface area contributed by atoms with Crippen LogP contribution in [0.5, 0.6) is 0 Å². The van der Waals surface area contributed by atoms with Gasteiger partial charge in [0, 0.05) is 6.54 Å². The fraction of sp³-hybridized carbons (Fsp3) is 0.536. The van der Waals surface area contributed by atoms with Gasteiger partial charge in [-0.05, 0) is 57.2 Å². The molecule has 38 heavy (non-hydrogen) atoms. The fourth-order valence-electron chi connectivity index (χ4n) is 3.66. The van der Waals surface area contributed by atoms with E-state index in [1.54, 1.807) is 58.0 Å². The average Bonchev–Trinajstić information content (AvgIpc) is 2.81. The van der Waals surface area contributed by atoms with Crippen LogP contribution in [0.15, 0.2) is 30.8 Å². The van der Waals surface area contributed by atoms with Crippen LogP contribution in [0.4, 0.5) is 4.79 Å². The maximum absolute atomic E-state index is 13.8. The number of nitriles is 1. The van der Waals surface area contributed by atoms with Gasteiger partial charge in [0.25, 0.3) is 0 Å². The molecule has 0 spiro atoms. The van der Waals surface area contributed by atoms with Crippen LogP contribution in [0, 0.1) is 17.2 Å². The highest BCUT2D eigenvalue weighted by atomic mass is 16.6. The first kappa shape index (κ1) is 32.2. The van der Waals surface area contributed by atoms with Gasteiger partial charge in [-0.3, -0.25) is 14.4 Å². The Morgan fingerprint density at radius 1 is 1.21 bits per heavy atom. The Morgan fingerprint density at radius 3 is 2.45 bits per heavy atom. The van der Waals surface area contributed by atoms with Gasteiger partial charge in [0.1, 0.15) is 24.2 Å². The minimum Gasteiger partial charge on any atom is -0.466 e. The van der Waals surface area contributed by atoms with E-state index in [-0.39, 0.29) is 31.9 Å². The molecule has 2 N–H and O–H groups in total. The van der Waals surface area contributed by atoms with Gasteiger partial charge in [0.15, 0.2) is 0 Å². The standard InChI is InChI=1S/C28H40N4O6/c1-8-20-11-10-12-21(18-20)24(25(34)30-15-13-23(33)37-9-2)32(16-14-29)26(35)22(17-19(3)4)31-27(36)38-28(5,6)7/h8,10-12,18-19,22,24H,1,9,13,15-17H2,2-7H3,(H,30,34)(H,31,36). The summed E-state index contributed by atoms with van der Waals surface area (Å²) >= 11 is 0. The van der Waals surface area contributed by atoms with E-state index in [4.69, 9.17) is 9.47 Å². The molecule has 0 radical (unpaired) electrons. The van der Waals surface area contributed by atoms with E-state index in [0.717, 1.165) is 4.90 Å². The predicted octanol–water partition coefficient (Wildman–Crippen LogP) is 3.73. The van der Waals surface area contributed by atoms with Gasteiger partial charge in [-0.1, -0.05) is 44.7 Å². The third kappa shape index (κ3) is 11.0. The van der Waals surface area contributed by atoms with Gasteiger partial charge < -0.3 is 25.0 Å². The lowest BCUT2D eigenvalue weighted by Crippen LogP contribution is -2.53. The molecule has 1 aromatic rings. The molecule has 3 amide bonds. The van der Waals surface area contributed by atoms with Crippen molar-refractivity contribution in [2.45, 2.75) is 72.1 Å². The average molecular weight is 529 g/mol. The van der Waals surface area contributed by atoms with Crippen molar-refractivity contribution in [1.29, 1.82) is 5.26 Å². The molecule has 1 aromatic carbocycles. The van der Waals surface area contributed by atoms with Crippen molar-refractivity contribution in [2.75, 3.05) is 19.7 Å². The molecule has 0 aliphatic carbocycles. The van der Waals surface area contributed by atoms with E-state index < -0.39 is 48.1 Å². The highest BCUT2D eigenvalue weighted by molar-refractivity contribution is 5.92. The number of nitrogens with zero attached hydrogens (tertiary/aromatic N) is 2. The molecule has 0 aliphatic heterocycles. The van der Waals surface area contributed by atoms with Gasteiger partial charge in [0.05, 0.1) is 19.1 Å². The summed E-state index contributed by atoms with van der Waals surface area (Å²) in [6, 6.07) is 6.56. The van der Waals surface area contributed by atoms with Gasteiger partial charge >= 0.3 is 12.1 Å². The molecule has 2 unspecified atom stereocenters. The molecule has 1 rings (SSSR count). The molecule has 0 bridgehead atoms. The number of hydrogen-bond acceptors (Lipinski definition) is 7. The Hall–Kier alpha value is -3.87. The zero-order valence-electron chi connectivity index (χ0n) is 23.2. The number of esters is 1. The van der Waals surface area contributed by atoms with Crippen molar-refractivity contribution >= 4 is 30.0 Å². The molecule has 0 fully saturated rings. The first-order chi connectivity index (χ1) is 17.8. The number of ether oxygens (including phenoxy) is 2. The summed E-state index contributed by atoms with van der Waals surface area (Å²) in [4.78, 5) is 52.7. The second-order valence-electron chi connectivity index (χ2n) is 10.1. The third-order valence-corrected chi connectivity index (χ3v) is 5.18. The SMILES string of the molecule is C=Cc1cccc(C(C(=O)NCCC(=O)OCC)N(CC#N)C(=O)C(CC(C)C)NC(=O)OC(C)(C)C)c1. The summed E-state index contributed by atoms with van der Waals surface area (Å²) < 4.78 is 10.2. The number of carbonyl (C=O) groups is 4. The van der Waals surface area contributed by atoms with Crippen LogP contribution in [-0.2, 0) is 23.9 Å².